The van der Waals surface area contributed by atoms with Gasteiger partial charge in [0.1, 0.15) is 5.82 Å². The molecule has 0 radical (unpaired) electrons. The molecule has 0 atom stereocenters. The maximum absolute atomic E-state index is 12.5. The maximum Gasteiger partial charge on any atom is 0.263 e. The lowest BCUT2D eigenvalue weighted by Crippen LogP contribution is -2.14. The van der Waals surface area contributed by atoms with E-state index in [0.29, 0.717) is 12.2 Å². The van der Waals surface area contributed by atoms with Crippen LogP contribution in [0.25, 0.3) is 0 Å². The Kier molecular flexibility index (Phi) is 5.85. The van der Waals surface area contributed by atoms with Gasteiger partial charge < -0.3 is 10.6 Å². The quantitative estimate of drug-likeness (QED) is 0.565. The second-order valence-electron chi connectivity index (χ2n) is 5.92. The minimum atomic E-state index is -3.78. The summed E-state index contributed by atoms with van der Waals surface area (Å²) in [6.45, 7) is 1.92. The molecule has 0 aliphatic heterocycles. The summed E-state index contributed by atoms with van der Waals surface area (Å²) >= 11 is 0. The molecule has 3 N–H and O–H groups in total. The van der Waals surface area contributed by atoms with Crippen molar-refractivity contribution in [2.75, 3.05) is 15.4 Å². The van der Waals surface area contributed by atoms with Gasteiger partial charge in [-0.1, -0.05) is 6.07 Å². The van der Waals surface area contributed by atoms with Crippen LogP contribution < -0.4 is 15.4 Å². The first kappa shape index (κ1) is 19.3. The van der Waals surface area contributed by atoms with Gasteiger partial charge in [0.25, 0.3) is 10.0 Å². The topological polar surface area (TPSA) is 113 Å². The van der Waals surface area contributed by atoms with E-state index in [1.54, 1.807) is 24.5 Å². The highest BCUT2D eigenvalue weighted by atomic mass is 32.2. The van der Waals surface area contributed by atoms with E-state index in [2.05, 4.69) is 25.3 Å². The monoisotopic (exact) mass is 397 g/mol. The molecule has 0 fully saturated rings. The molecule has 3 aromatic rings. The van der Waals surface area contributed by atoms with Crippen molar-refractivity contribution in [1.29, 1.82) is 0 Å². The van der Waals surface area contributed by atoms with Gasteiger partial charge in [-0.25, -0.2) is 13.4 Å². The van der Waals surface area contributed by atoms with Crippen LogP contribution in [0.2, 0.25) is 0 Å². The van der Waals surface area contributed by atoms with E-state index >= 15 is 0 Å². The number of rotatable bonds is 7. The summed E-state index contributed by atoms with van der Waals surface area (Å²) in [6, 6.07) is 14.8. The van der Waals surface area contributed by atoms with Gasteiger partial charge in [-0.05, 0) is 48.5 Å². The molecular weight excluding hydrogens is 378 g/mol. The molecule has 8 nitrogen and oxygen atoms in total. The molecule has 1 aromatic carbocycles. The van der Waals surface area contributed by atoms with Crippen molar-refractivity contribution >= 4 is 33.1 Å². The minimum absolute atomic E-state index is 0.0701. The number of nitrogens with zero attached hydrogens (tertiary/aromatic N) is 2. The van der Waals surface area contributed by atoms with Crippen LogP contribution in [0, 0.1) is 0 Å². The Labute approximate surface area is 163 Å². The molecule has 0 aliphatic carbocycles. The Hall–Kier alpha value is -3.46. The van der Waals surface area contributed by atoms with Crippen molar-refractivity contribution in [3.63, 3.8) is 0 Å². The average molecular weight is 397 g/mol. The zero-order chi connectivity index (χ0) is 20.0. The second kappa shape index (κ2) is 8.49. The van der Waals surface area contributed by atoms with Crippen LogP contribution in [-0.2, 0) is 21.4 Å². The van der Waals surface area contributed by atoms with Crippen molar-refractivity contribution in [2.45, 2.75) is 18.4 Å². The van der Waals surface area contributed by atoms with E-state index in [9.17, 15) is 13.2 Å². The van der Waals surface area contributed by atoms with E-state index in [-0.39, 0.29) is 16.6 Å². The third kappa shape index (κ3) is 5.27. The highest BCUT2D eigenvalue weighted by Gasteiger charge is 2.15. The number of aromatic nitrogens is 2. The zero-order valence-electron chi connectivity index (χ0n) is 15.1. The first-order valence-electron chi connectivity index (χ1n) is 8.43. The highest BCUT2D eigenvalue weighted by Crippen LogP contribution is 2.18. The largest absolute Gasteiger partial charge is 0.378 e. The Morgan fingerprint density at radius 1 is 0.964 bits per heavy atom. The predicted molar refractivity (Wildman–Crippen MR) is 107 cm³/mol. The Morgan fingerprint density at radius 3 is 2.32 bits per heavy atom. The fourth-order valence-electron chi connectivity index (χ4n) is 2.37. The molecule has 2 heterocycles. The molecule has 0 bridgehead atoms. The molecular formula is C19H19N5O3S. The zero-order valence-corrected chi connectivity index (χ0v) is 15.9. The van der Waals surface area contributed by atoms with Gasteiger partial charge in [0.2, 0.25) is 5.91 Å². The number of sulfonamides is 1. The van der Waals surface area contributed by atoms with Crippen LogP contribution in [0.3, 0.4) is 0 Å². The molecule has 9 heteroatoms. The van der Waals surface area contributed by atoms with E-state index in [1.807, 2.05) is 18.2 Å². The van der Waals surface area contributed by atoms with Gasteiger partial charge in [-0.15, -0.1) is 0 Å². The molecule has 0 spiro atoms. The fraction of sp³-hybridized carbons (Fsp3) is 0.105. The highest BCUT2D eigenvalue weighted by molar-refractivity contribution is 7.92. The van der Waals surface area contributed by atoms with E-state index in [1.165, 1.54) is 31.2 Å². The number of benzene rings is 1. The summed E-state index contributed by atoms with van der Waals surface area (Å²) < 4.78 is 27.4. The lowest BCUT2D eigenvalue weighted by molar-refractivity contribution is -0.114. The number of nitrogens with one attached hydrogen (secondary N) is 3. The number of carbonyl (C=O) groups is 1. The van der Waals surface area contributed by atoms with Gasteiger partial charge in [0.05, 0.1) is 29.0 Å². The standard InChI is InChI=1S/C19H19N5O3S/c1-14(25)23-15-5-8-18(9-6-15)28(26,27)24-19-10-7-17(13-22-19)21-12-16-4-2-3-11-20-16/h2-11,13,21H,12H2,1H3,(H,22,24)(H,23,25). The Bertz CT molecular complexity index is 1040. The third-order valence-corrected chi connectivity index (χ3v) is 5.06. The van der Waals surface area contributed by atoms with Crippen LogP contribution >= 0.6 is 0 Å². The number of amides is 1. The molecule has 0 saturated heterocycles. The van der Waals surface area contributed by atoms with Crippen molar-refractivity contribution in [3.05, 3.63) is 72.7 Å². The van der Waals surface area contributed by atoms with Crippen molar-refractivity contribution in [1.82, 2.24) is 9.97 Å². The normalized spacial score (nSPS) is 10.9. The van der Waals surface area contributed by atoms with E-state index in [0.717, 1.165) is 11.4 Å². The maximum atomic E-state index is 12.5. The van der Waals surface area contributed by atoms with Crippen LogP contribution in [-0.4, -0.2) is 24.3 Å². The van der Waals surface area contributed by atoms with Crippen molar-refractivity contribution in [2.24, 2.45) is 0 Å². The van der Waals surface area contributed by atoms with Gasteiger partial charge in [0.15, 0.2) is 0 Å². The number of anilines is 3. The van der Waals surface area contributed by atoms with Crippen molar-refractivity contribution < 1.29 is 13.2 Å². The summed E-state index contributed by atoms with van der Waals surface area (Å²) in [4.78, 5) is 19.4. The molecule has 3 rings (SSSR count). The Morgan fingerprint density at radius 2 is 1.71 bits per heavy atom. The summed E-state index contributed by atoms with van der Waals surface area (Å²) in [6.07, 6.45) is 3.26. The molecule has 0 saturated carbocycles. The lowest BCUT2D eigenvalue weighted by Gasteiger charge is -2.10. The van der Waals surface area contributed by atoms with Crippen molar-refractivity contribution in [3.8, 4) is 0 Å². The van der Waals surface area contributed by atoms with E-state index < -0.39 is 10.0 Å². The summed E-state index contributed by atoms with van der Waals surface area (Å²) in [7, 11) is -3.78. The summed E-state index contributed by atoms with van der Waals surface area (Å²) in [5.74, 6) is -0.0241. The van der Waals surface area contributed by atoms with Crippen LogP contribution in [0.5, 0.6) is 0 Å². The first-order chi connectivity index (χ1) is 13.4. The van der Waals surface area contributed by atoms with Gasteiger partial charge in [-0.3, -0.25) is 14.5 Å². The number of hydrogen-bond donors (Lipinski definition) is 3. The smallest absolute Gasteiger partial charge is 0.263 e. The fourth-order valence-corrected chi connectivity index (χ4v) is 3.38. The molecule has 2 aromatic heterocycles. The first-order valence-corrected chi connectivity index (χ1v) is 9.91. The average Bonchev–Trinajstić information content (AvgIpc) is 2.68. The van der Waals surface area contributed by atoms with Gasteiger partial charge >= 0.3 is 0 Å². The minimum Gasteiger partial charge on any atom is -0.378 e. The molecule has 28 heavy (non-hydrogen) atoms. The summed E-state index contributed by atoms with van der Waals surface area (Å²) in [5.41, 5.74) is 2.15. The van der Waals surface area contributed by atoms with Crippen LogP contribution in [0.4, 0.5) is 17.2 Å². The number of pyridine rings is 2. The van der Waals surface area contributed by atoms with Gasteiger partial charge in [0, 0.05) is 18.8 Å². The van der Waals surface area contributed by atoms with Crippen LogP contribution in [0.1, 0.15) is 12.6 Å². The molecule has 0 aliphatic rings. The SMILES string of the molecule is CC(=O)Nc1ccc(S(=O)(=O)Nc2ccc(NCc3ccccn3)cn2)cc1. The Balaban J connectivity index is 1.63. The molecule has 1 amide bonds. The van der Waals surface area contributed by atoms with E-state index in [4.69, 9.17) is 0 Å². The lowest BCUT2D eigenvalue weighted by atomic mass is 10.3. The van der Waals surface area contributed by atoms with Crippen LogP contribution in [0.15, 0.2) is 71.9 Å². The molecule has 144 valence electrons. The number of hydrogen-bond acceptors (Lipinski definition) is 6. The third-order valence-electron chi connectivity index (χ3n) is 3.69. The summed E-state index contributed by atoms with van der Waals surface area (Å²) in [5, 5.41) is 5.75. The van der Waals surface area contributed by atoms with Gasteiger partial charge in [-0.2, -0.15) is 0 Å². The second-order valence-corrected chi connectivity index (χ2v) is 7.60. The molecule has 0 unspecified atom stereocenters. The number of carbonyl (C=O) groups excluding carboxylic acids is 1. The predicted octanol–water partition coefficient (Wildman–Crippen LogP) is 2.85.